The van der Waals surface area contributed by atoms with Crippen molar-refractivity contribution in [1.29, 1.82) is 5.41 Å². The number of carbonyl (C=O) groups is 1. The second kappa shape index (κ2) is 7.83. The first-order chi connectivity index (χ1) is 12.6. The van der Waals surface area contributed by atoms with Gasteiger partial charge in [0.15, 0.2) is 5.90 Å². The van der Waals surface area contributed by atoms with Gasteiger partial charge in [0.25, 0.3) is 0 Å². The number of benzene rings is 3. The van der Waals surface area contributed by atoms with Crippen molar-refractivity contribution in [3.05, 3.63) is 66.7 Å². The average molecular weight is 347 g/mol. The highest BCUT2D eigenvalue weighted by molar-refractivity contribution is 6.08. The largest absolute Gasteiger partial charge is 0.463 e. The van der Waals surface area contributed by atoms with Crippen molar-refractivity contribution in [3.63, 3.8) is 0 Å². The van der Waals surface area contributed by atoms with Gasteiger partial charge in [0, 0.05) is 13.0 Å². The molecule has 132 valence electrons. The Hall–Kier alpha value is -3.14. The Kier molecular flexibility index (Phi) is 5.32. The molecule has 0 aliphatic carbocycles. The van der Waals surface area contributed by atoms with E-state index < -0.39 is 0 Å². The molecule has 4 heteroatoms. The van der Waals surface area contributed by atoms with E-state index in [1.165, 1.54) is 22.4 Å². The third kappa shape index (κ3) is 4.09. The van der Waals surface area contributed by atoms with Crippen molar-refractivity contribution in [2.75, 3.05) is 6.61 Å². The third-order valence-corrected chi connectivity index (χ3v) is 4.16. The van der Waals surface area contributed by atoms with Crippen LogP contribution in [-0.2, 0) is 16.0 Å². The third-order valence-electron chi connectivity index (χ3n) is 4.16. The molecule has 1 N–H and O–H groups in total. The van der Waals surface area contributed by atoms with Crippen LogP contribution in [0.4, 0.5) is 0 Å². The number of nitrogens with one attached hydrogen (secondary N) is 1. The van der Waals surface area contributed by atoms with Crippen molar-refractivity contribution in [2.45, 2.75) is 19.8 Å². The summed E-state index contributed by atoms with van der Waals surface area (Å²) < 4.78 is 10.4. The van der Waals surface area contributed by atoms with Crippen molar-refractivity contribution in [2.24, 2.45) is 0 Å². The molecule has 0 radical (unpaired) electrons. The highest BCUT2D eigenvalue weighted by atomic mass is 16.5. The summed E-state index contributed by atoms with van der Waals surface area (Å²) >= 11 is 0. The van der Waals surface area contributed by atoms with E-state index in [1.807, 2.05) is 18.2 Å². The molecule has 26 heavy (non-hydrogen) atoms. The molecular weight excluding hydrogens is 326 g/mol. The molecule has 0 amide bonds. The smallest absolute Gasteiger partial charge is 0.330 e. The minimum Gasteiger partial charge on any atom is -0.463 e. The highest BCUT2D eigenvalue weighted by Gasteiger charge is 2.05. The fraction of sp³-hybridized carbons (Fsp3) is 0.182. The molecule has 0 fully saturated rings. The maximum atomic E-state index is 11.0. The molecule has 0 saturated heterocycles. The van der Waals surface area contributed by atoms with Gasteiger partial charge in [0.05, 0.1) is 6.61 Å². The maximum absolute atomic E-state index is 11.0. The van der Waals surface area contributed by atoms with E-state index in [2.05, 4.69) is 36.9 Å². The van der Waals surface area contributed by atoms with Gasteiger partial charge in [0.2, 0.25) is 0 Å². The van der Waals surface area contributed by atoms with Gasteiger partial charge in [-0.2, -0.15) is 0 Å². The summed E-state index contributed by atoms with van der Waals surface area (Å²) in [7, 11) is 0. The lowest BCUT2D eigenvalue weighted by atomic mass is 9.98. The fourth-order valence-corrected chi connectivity index (χ4v) is 3.00. The molecule has 0 spiro atoms. The van der Waals surface area contributed by atoms with E-state index in [1.54, 1.807) is 6.92 Å². The van der Waals surface area contributed by atoms with Gasteiger partial charge in [-0.25, -0.2) is 4.79 Å². The Bertz CT molecular complexity index is 991. The van der Waals surface area contributed by atoms with Crippen LogP contribution >= 0.6 is 0 Å². The molecule has 0 unspecified atom stereocenters. The summed E-state index contributed by atoms with van der Waals surface area (Å²) in [6, 6.07) is 16.5. The van der Waals surface area contributed by atoms with E-state index in [4.69, 9.17) is 14.9 Å². The van der Waals surface area contributed by atoms with Crippen LogP contribution in [0.2, 0.25) is 0 Å². The minimum atomic E-state index is -0.378. The number of ether oxygens (including phenoxy) is 2. The van der Waals surface area contributed by atoms with Gasteiger partial charge in [-0.15, -0.1) is 0 Å². The first kappa shape index (κ1) is 17.7. The van der Waals surface area contributed by atoms with Gasteiger partial charge in [-0.05, 0) is 52.1 Å². The zero-order valence-corrected chi connectivity index (χ0v) is 14.7. The zero-order valence-electron chi connectivity index (χ0n) is 14.7. The molecule has 3 aromatic carbocycles. The molecular formula is C22H21NO3. The summed E-state index contributed by atoms with van der Waals surface area (Å²) in [6.45, 7) is 5.40. The lowest BCUT2D eigenvalue weighted by Crippen LogP contribution is -2.02. The van der Waals surface area contributed by atoms with Gasteiger partial charge < -0.3 is 9.47 Å². The average Bonchev–Trinajstić information content (AvgIpc) is 2.64. The molecule has 0 aliphatic rings. The SMILES string of the molecule is C=CC(=O)OCCCc1ccc2c(ccc3cc(OC(C)=N)ccc32)c1. The van der Waals surface area contributed by atoms with Crippen molar-refractivity contribution in [1.82, 2.24) is 0 Å². The van der Waals surface area contributed by atoms with Crippen LogP contribution in [0.15, 0.2) is 61.2 Å². The van der Waals surface area contributed by atoms with E-state index in [-0.39, 0.29) is 11.9 Å². The Labute approximate surface area is 152 Å². The predicted molar refractivity (Wildman–Crippen MR) is 105 cm³/mol. The number of carbonyl (C=O) groups excluding carboxylic acids is 1. The quantitative estimate of drug-likeness (QED) is 0.170. The van der Waals surface area contributed by atoms with Crippen LogP contribution < -0.4 is 4.74 Å². The lowest BCUT2D eigenvalue weighted by molar-refractivity contribution is -0.137. The Morgan fingerprint density at radius 3 is 2.46 bits per heavy atom. The molecule has 4 nitrogen and oxygen atoms in total. The molecule has 0 bridgehead atoms. The van der Waals surface area contributed by atoms with Gasteiger partial charge in [-0.1, -0.05) is 43.0 Å². The standard InChI is InChI=1S/C22H21NO3/c1-3-22(24)25-12-4-5-16-6-10-20-17(13-16)7-8-18-14-19(26-15(2)23)9-11-21(18)20/h3,6-11,13-14,23H,1,4-5,12H2,2H3. The van der Waals surface area contributed by atoms with Gasteiger partial charge in [0.1, 0.15) is 5.75 Å². The second-order valence-electron chi connectivity index (χ2n) is 6.14. The monoisotopic (exact) mass is 347 g/mol. The Morgan fingerprint density at radius 2 is 1.77 bits per heavy atom. The van der Waals surface area contributed by atoms with Crippen LogP contribution in [0, 0.1) is 5.41 Å². The Morgan fingerprint density at radius 1 is 1.08 bits per heavy atom. The summed E-state index contributed by atoms with van der Waals surface area (Å²) in [5.74, 6) is 0.472. The zero-order chi connectivity index (χ0) is 18.5. The van der Waals surface area contributed by atoms with Crippen LogP contribution in [-0.4, -0.2) is 18.5 Å². The van der Waals surface area contributed by atoms with Crippen molar-refractivity contribution in [3.8, 4) is 5.75 Å². The summed E-state index contributed by atoms with van der Waals surface area (Å²) in [6.07, 6.45) is 2.81. The number of fused-ring (bicyclic) bond motifs is 3. The normalized spacial score (nSPS) is 10.7. The fourth-order valence-electron chi connectivity index (χ4n) is 3.00. The first-order valence-electron chi connectivity index (χ1n) is 8.54. The Balaban J connectivity index is 1.79. The van der Waals surface area contributed by atoms with Crippen LogP contribution in [0.3, 0.4) is 0 Å². The number of rotatable bonds is 6. The lowest BCUT2D eigenvalue weighted by Gasteiger charge is -2.09. The molecule has 0 saturated carbocycles. The minimum absolute atomic E-state index is 0.175. The van der Waals surface area contributed by atoms with E-state index >= 15 is 0 Å². The second-order valence-corrected chi connectivity index (χ2v) is 6.14. The van der Waals surface area contributed by atoms with Gasteiger partial charge in [-0.3, -0.25) is 5.41 Å². The summed E-state index contributed by atoms with van der Waals surface area (Å²) in [4.78, 5) is 11.0. The number of hydrogen-bond acceptors (Lipinski definition) is 4. The van der Waals surface area contributed by atoms with Crippen LogP contribution in [0.25, 0.3) is 21.5 Å². The molecule has 3 aromatic rings. The molecule has 0 heterocycles. The number of hydrogen-bond donors (Lipinski definition) is 1. The van der Waals surface area contributed by atoms with Crippen LogP contribution in [0.1, 0.15) is 18.9 Å². The highest BCUT2D eigenvalue weighted by Crippen LogP contribution is 2.29. The maximum Gasteiger partial charge on any atom is 0.330 e. The van der Waals surface area contributed by atoms with E-state index in [0.29, 0.717) is 12.4 Å². The molecule has 3 rings (SSSR count). The van der Waals surface area contributed by atoms with E-state index in [0.717, 1.165) is 23.6 Å². The van der Waals surface area contributed by atoms with Crippen LogP contribution in [0.5, 0.6) is 5.75 Å². The van der Waals surface area contributed by atoms with E-state index in [9.17, 15) is 4.79 Å². The number of esters is 1. The first-order valence-corrected chi connectivity index (χ1v) is 8.54. The topological polar surface area (TPSA) is 59.4 Å². The van der Waals surface area contributed by atoms with Crippen molar-refractivity contribution >= 4 is 33.4 Å². The van der Waals surface area contributed by atoms with Crippen molar-refractivity contribution < 1.29 is 14.3 Å². The molecule has 0 aliphatic heterocycles. The number of aryl methyl sites for hydroxylation is 1. The summed E-state index contributed by atoms with van der Waals surface area (Å²) in [5.41, 5.74) is 1.21. The van der Waals surface area contributed by atoms with Gasteiger partial charge >= 0.3 is 5.97 Å². The predicted octanol–water partition coefficient (Wildman–Crippen LogP) is 5.03. The molecule has 0 aromatic heterocycles. The molecule has 0 atom stereocenters. The summed E-state index contributed by atoms with van der Waals surface area (Å²) in [5, 5.41) is 12.0.